The van der Waals surface area contributed by atoms with Crippen molar-refractivity contribution in [2.24, 2.45) is 5.73 Å². The third-order valence-electron chi connectivity index (χ3n) is 5.34. The first-order valence-corrected chi connectivity index (χ1v) is 9.72. The average Bonchev–Trinajstić information content (AvgIpc) is 2.63. The van der Waals surface area contributed by atoms with E-state index < -0.39 is 18.6 Å². The first kappa shape index (κ1) is 20.7. The molecule has 1 aromatic rings. The van der Waals surface area contributed by atoms with Crippen molar-refractivity contribution in [2.45, 2.75) is 82.3 Å². The van der Waals surface area contributed by atoms with Gasteiger partial charge in [0, 0.05) is 18.3 Å². The summed E-state index contributed by atoms with van der Waals surface area (Å²) in [6, 6.07) is 0.0489. The Kier molecular flexibility index (Phi) is 6.95. The van der Waals surface area contributed by atoms with Crippen LogP contribution in [-0.2, 0) is 4.74 Å². The van der Waals surface area contributed by atoms with Gasteiger partial charge in [0.05, 0.1) is 17.8 Å². The molecule has 2 fully saturated rings. The molecule has 28 heavy (non-hydrogen) atoms. The van der Waals surface area contributed by atoms with Gasteiger partial charge in [0.2, 0.25) is 5.95 Å². The molecule has 2 saturated carbocycles. The molecular weight excluding hydrogens is 372 g/mol. The van der Waals surface area contributed by atoms with Crippen LogP contribution in [-0.4, -0.2) is 51.9 Å². The molecule has 2 unspecified atom stereocenters. The van der Waals surface area contributed by atoms with Crippen LogP contribution < -0.4 is 16.4 Å². The molecule has 10 heteroatoms. The number of aliphatic hydroxyl groups is 1. The molecular formula is C18H27F2N5O3. The first-order chi connectivity index (χ1) is 13.4. The number of alkyl halides is 2. The van der Waals surface area contributed by atoms with E-state index in [2.05, 4.69) is 25.3 Å². The van der Waals surface area contributed by atoms with Gasteiger partial charge in [-0.1, -0.05) is 0 Å². The van der Waals surface area contributed by atoms with Crippen LogP contribution in [0.2, 0.25) is 0 Å². The Morgan fingerprint density at radius 3 is 2.57 bits per heavy atom. The molecule has 0 radical (unpaired) electrons. The normalized spacial score (nSPS) is 28.1. The Hall–Kier alpha value is -2.07. The Labute approximate surface area is 162 Å². The second kappa shape index (κ2) is 9.42. The SMILES string of the molecule is NC(=O)c1cnc(NC2CCC(OC(F)F)CC2)nc1NC1CCCC(O)C1. The van der Waals surface area contributed by atoms with Gasteiger partial charge < -0.3 is 26.2 Å². The number of rotatable bonds is 7. The molecule has 3 rings (SSSR count). The summed E-state index contributed by atoms with van der Waals surface area (Å²) >= 11 is 0. The van der Waals surface area contributed by atoms with Crippen molar-refractivity contribution in [1.82, 2.24) is 9.97 Å². The number of hydrogen-bond donors (Lipinski definition) is 4. The van der Waals surface area contributed by atoms with E-state index in [9.17, 15) is 18.7 Å². The minimum Gasteiger partial charge on any atom is -0.393 e. The molecule has 5 N–H and O–H groups in total. The van der Waals surface area contributed by atoms with Crippen LogP contribution in [0.25, 0.3) is 0 Å². The number of nitrogens with zero attached hydrogens (tertiary/aromatic N) is 2. The summed E-state index contributed by atoms with van der Waals surface area (Å²) in [6.45, 7) is -2.74. The molecule has 156 valence electrons. The van der Waals surface area contributed by atoms with E-state index in [1.54, 1.807) is 0 Å². The fourth-order valence-electron chi connectivity index (χ4n) is 3.90. The zero-order chi connectivity index (χ0) is 20.1. The Balaban J connectivity index is 1.63. The van der Waals surface area contributed by atoms with E-state index in [0.29, 0.717) is 43.9 Å². The maximum atomic E-state index is 12.3. The highest BCUT2D eigenvalue weighted by Crippen LogP contribution is 2.26. The van der Waals surface area contributed by atoms with Gasteiger partial charge in [-0.3, -0.25) is 4.79 Å². The zero-order valence-electron chi connectivity index (χ0n) is 15.6. The van der Waals surface area contributed by atoms with Crippen LogP contribution in [0, 0.1) is 0 Å². The molecule has 0 aromatic carbocycles. The average molecular weight is 399 g/mol. The smallest absolute Gasteiger partial charge is 0.345 e. The first-order valence-electron chi connectivity index (χ1n) is 9.72. The van der Waals surface area contributed by atoms with Crippen LogP contribution in [0.15, 0.2) is 6.20 Å². The Morgan fingerprint density at radius 2 is 1.93 bits per heavy atom. The van der Waals surface area contributed by atoms with E-state index in [1.165, 1.54) is 6.20 Å². The molecule has 0 spiro atoms. The lowest BCUT2D eigenvalue weighted by Gasteiger charge is -2.29. The van der Waals surface area contributed by atoms with Crippen LogP contribution in [0.4, 0.5) is 20.5 Å². The van der Waals surface area contributed by atoms with Gasteiger partial charge in [-0.15, -0.1) is 0 Å². The molecule has 8 nitrogen and oxygen atoms in total. The van der Waals surface area contributed by atoms with E-state index in [4.69, 9.17) is 5.73 Å². The van der Waals surface area contributed by atoms with E-state index in [0.717, 1.165) is 19.3 Å². The van der Waals surface area contributed by atoms with E-state index in [-0.39, 0.29) is 23.8 Å². The van der Waals surface area contributed by atoms with Crippen molar-refractivity contribution in [2.75, 3.05) is 10.6 Å². The highest BCUT2D eigenvalue weighted by Gasteiger charge is 2.26. The fourth-order valence-corrected chi connectivity index (χ4v) is 3.90. The van der Waals surface area contributed by atoms with E-state index >= 15 is 0 Å². The lowest BCUT2D eigenvalue weighted by Crippen LogP contribution is -2.33. The number of anilines is 2. The summed E-state index contributed by atoms with van der Waals surface area (Å²) in [5.41, 5.74) is 5.63. The summed E-state index contributed by atoms with van der Waals surface area (Å²) in [4.78, 5) is 20.3. The number of carbonyl (C=O) groups is 1. The number of aromatic nitrogens is 2. The number of ether oxygens (including phenoxy) is 1. The van der Waals surface area contributed by atoms with Gasteiger partial charge in [-0.25, -0.2) is 4.98 Å². The molecule has 1 heterocycles. The van der Waals surface area contributed by atoms with Gasteiger partial charge in [0.1, 0.15) is 5.82 Å². The number of hydrogen-bond acceptors (Lipinski definition) is 7. The number of carbonyl (C=O) groups excluding carboxylic acids is 1. The fraction of sp³-hybridized carbons (Fsp3) is 0.722. The van der Waals surface area contributed by atoms with Crippen LogP contribution >= 0.6 is 0 Å². The minimum absolute atomic E-state index is 0.00605. The molecule has 1 aromatic heterocycles. The molecule has 2 atom stereocenters. The van der Waals surface area contributed by atoms with Gasteiger partial charge in [-0.2, -0.15) is 13.8 Å². The number of nitrogens with one attached hydrogen (secondary N) is 2. The number of halogens is 2. The summed E-state index contributed by atoms with van der Waals surface area (Å²) in [7, 11) is 0. The Bertz CT molecular complexity index is 671. The maximum Gasteiger partial charge on any atom is 0.345 e. The predicted molar refractivity (Wildman–Crippen MR) is 99.2 cm³/mol. The van der Waals surface area contributed by atoms with Gasteiger partial charge in [-0.05, 0) is 51.4 Å². The largest absolute Gasteiger partial charge is 0.393 e. The van der Waals surface area contributed by atoms with Crippen molar-refractivity contribution in [3.63, 3.8) is 0 Å². The van der Waals surface area contributed by atoms with Crippen molar-refractivity contribution < 1.29 is 23.4 Å². The molecule has 2 aliphatic rings. The molecule has 0 aliphatic heterocycles. The van der Waals surface area contributed by atoms with E-state index in [1.807, 2.05) is 0 Å². The highest BCUT2D eigenvalue weighted by atomic mass is 19.3. The summed E-state index contributed by atoms with van der Waals surface area (Å²) in [5.74, 6) is 0.0657. The zero-order valence-corrected chi connectivity index (χ0v) is 15.6. The second-order valence-electron chi connectivity index (χ2n) is 7.50. The summed E-state index contributed by atoms with van der Waals surface area (Å²) < 4.78 is 29.2. The number of primary amides is 1. The maximum absolute atomic E-state index is 12.3. The lowest BCUT2D eigenvalue weighted by molar-refractivity contribution is -0.169. The van der Waals surface area contributed by atoms with Crippen LogP contribution in [0.3, 0.4) is 0 Å². The molecule has 2 aliphatic carbocycles. The number of nitrogens with two attached hydrogens (primary N) is 1. The standard InChI is InChI=1S/C18H27F2N5O3/c19-17(20)28-13-6-4-10(5-7-13)24-18-22-9-14(15(21)27)16(25-18)23-11-2-1-3-12(26)8-11/h9-13,17,26H,1-8H2,(H2,21,27)(H2,22,23,24,25). The molecule has 0 bridgehead atoms. The Morgan fingerprint density at radius 1 is 1.18 bits per heavy atom. The quantitative estimate of drug-likeness (QED) is 0.555. The highest BCUT2D eigenvalue weighted by molar-refractivity contribution is 5.97. The lowest BCUT2D eigenvalue weighted by atomic mass is 9.93. The summed E-state index contributed by atoms with van der Waals surface area (Å²) in [6.07, 6.45) is 6.10. The van der Waals surface area contributed by atoms with Crippen molar-refractivity contribution >= 4 is 17.7 Å². The summed E-state index contributed by atoms with van der Waals surface area (Å²) in [5, 5.41) is 16.3. The van der Waals surface area contributed by atoms with Crippen LogP contribution in [0.1, 0.15) is 61.7 Å². The van der Waals surface area contributed by atoms with Crippen molar-refractivity contribution in [1.29, 1.82) is 0 Å². The topological polar surface area (TPSA) is 122 Å². The molecule has 0 saturated heterocycles. The molecule has 1 amide bonds. The van der Waals surface area contributed by atoms with Gasteiger partial charge in [0.15, 0.2) is 0 Å². The van der Waals surface area contributed by atoms with Crippen molar-refractivity contribution in [3.8, 4) is 0 Å². The van der Waals surface area contributed by atoms with Gasteiger partial charge >= 0.3 is 6.61 Å². The number of amides is 1. The van der Waals surface area contributed by atoms with Crippen molar-refractivity contribution in [3.05, 3.63) is 11.8 Å². The third-order valence-corrected chi connectivity index (χ3v) is 5.34. The van der Waals surface area contributed by atoms with Crippen LogP contribution in [0.5, 0.6) is 0 Å². The van der Waals surface area contributed by atoms with Gasteiger partial charge in [0.25, 0.3) is 5.91 Å². The monoisotopic (exact) mass is 399 g/mol. The predicted octanol–water partition coefficient (Wildman–Crippen LogP) is 2.25. The minimum atomic E-state index is -2.74. The number of aliphatic hydroxyl groups excluding tert-OH is 1. The second-order valence-corrected chi connectivity index (χ2v) is 7.50. The third kappa shape index (κ3) is 5.71.